The van der Waals surface area contributed by atoms with Gasteiger partial charge >= 0.3 is 0 Å². The predicted octanol–water partition coefficient (Wildman–Crippen LogP) is 5.61. The third-order valence-corrected chi connectivity index (χ3v) is 5.94. The molecule has 0 aromatic heterocycles. The number of phenols is 1. The van der Waals surface area contributed by atoms with Gasteiger partial charge in [0, 0.05) is 15.5 Å². The van der Waals surface area contributed by atoms with E-state index in [1.165, 1.54) is 42.4 Å². The number of rotatable bonds is 3. The SMILES string of the molecule is CCC1CCC(Sc2ccc(O)c3ccccc23)CC1. The third kappa shape index (κ3) is 2.80. The van der Waals surface area contributed by atoms with Gasteiger partial charge in [0.05, 0.1) is 0 Å². The summed E-state index contributed by atoms with van der Waals surface area (Å²) in [5.41, 5.74) is 0. The first-order valence-corrected chi connectivity index (χ1v) is 8.53. The smallest absolute Gasteiger partial charge is 0.123 e. The van der Waals surface area contributed by atoms with Gasteiger partial charge in [-0.05, 0) is 49.1 Å². The fraction of sp³-hybridized carbons (Fsp3) is 0.444. The van der Waals surface area contributed by atoms with Crippen LogP contribution in [-0.4, -0.2) is 10.4 Å². The van der Waals surface area contributed by atoms with Gasteiger partial charge in [0.1, 0.15) is 5.75 Å². The first-order valence-electron chi connectivity index (χ1n) is 7.65. The molecule has 0 aliphatic heterocycles. The normalized spacial score (nSPS) is 23.1. The summed E-state index contributed by atoms with van der Waals surface area (Å²) in [5, 5.41) is 12.9. The van der Waals surface area contributed by atoms with Crippen molar-refractivity contribution in [3.63, 3.8) is 0 Å². The van der Waals surface area contributed by atoms with Crippen LogP contribution in [0.4, 0.5) is 0 Å². The number of hydrogen-bond acceptors (Lipinski definition) is 2. The summed E-state index contributed by atoms with van der Waals surface area (Å²) < 4.78 is 0. The lowest BCUT2D eigenvalue weighted by atomic mass is 9.87. The second-order valence-corrected chi connectivity index (χ2v) is 7.14. The molecule has 0 amide bonds. The minimum atomic E-state index is 0.389. The third-order valence-electron chi connectivity index (χ3n) is 4.53. The largest absolute Gasteiger partial charge is 0.507 e. The zero-order valence-electron chi connectivity index (χ0n) is 12.0. The lowest BCUT2D eigenvalue weighted by molar-refractivity contribution is 0.356. The lowest BCUT2D eigenvalue weighted by Crippen LogP contribution is -2.15. The standard InChI is InChI=1S/C18H22OS/c1-2-13-7-9-14(10-8-13)20-18-12-11-17(19)15-5-3-4-6-16(15)18/h3-6,11-14,19H,2,7-10H2,1H3. The predicted molar refractivity (Wildman–Crippen MR) is 87.5 cm³/mol. The first-order chi connectivity index (χ1) is 9.78. The number of thioether (sulfide) groups is 1. The average molecular weight is 286 g/mol. The minimum Gasteiger partial charge on any atom is -0.507 e. The van der Waals surface area contributed by atoms with Gasteiger partial charge in [-0.15, -0.1) is 11.8 Å². The van der Waals surface area contributed by atoms with Crippen molar-refractivity contribution < 1.29 is 5.11 Å². The topological polar surface area (TPSA) is 20.2 Å². The van der Waals surface area contributed by atoms with Gasteiger partial charge in [-0.1, -0.05) is 37.6 Å². The van der Waals surface area contributed by atoms with Crippen molar-refractivity contribution in [1.29, 1.82) is 0 Å². The summed E-state index contributed by atoms with van der Waals surface area (Å²) in [6.07, 6.45) is 6.75. The Balaban J connectivity index is 1.80. The highest BCUT2D eigenvalue weighted by Crippen LogP contribution is 2.40. The van der Waals surface area contributed by atoms with Crippen LogP contribution in [0.2, 0.25) is 0 Å². The van der Waals surface area contributed by atoms with Crippen molar-refractivity contribution in [1.82, 2.24) is 0 Å². The number of fused-ring (bicyclic) bond motifs is 1. The Morgan fingerprint density at radius 3 is 2.40 bits per heavy atom. The summed E-state index contributed by atoms with van der Waals surface area (Å²) >= 11 is 2.00. The molecule has 0 atom stereocenters. The van der Waals surface area contributed by atoms with E-state index >= 15 is 0 Å². The number of hydrogen-bond donors (Lipinski definition) is 1. The molecule has 1 aliphatic rings. The van der Waals surface area contributed by atoms with Gasteiger partial charge in [0.25, 0.3) is 0 Å². The van der Waals surface area contributed by atoms with Crippen LogP contribution in [0.1, 0.15) is 39.0 Å². The maximum Gasteiger partial charge on any atom is 0.123 e. The molecule has 3 rings (SSSR count). The molecule has 0 spiro atoms. The van der Waals surface area contributed by atoms with E-state index in [0.29, 0.717) is 5.75 Å². The van der Waals surface area contributed by atoms with Crippen LogP contribution < -0.4 is 0 Å². The molecular formula is C18H22OS. The van der Waals surface area contributed by atoms with Crippen LogP contribution in [0.25, 0.3) is 10.8 Å². The molecule has 2 aromatic rings. The van der Waals surface area contributed by atoms with Crippen LogP contribution >= 0.6 is 11.8 Å². The zero-order valence-corrected chi connectivity index (χ0v) is 12.8. The fourth-order valence-electron chi connectivity index (χ4n) is 3.20. The van der Waals surface area contributed by atoms with E-state index in [0.717, 1.165) is 16.6 Å². The van der Waals surface area contributed by atoms with Gasteiger partial charge in [0.2, 0.25) is 0 Å². The van der Waals surface area contributed by atoms with Crippen molar-refractivity contribution in [2.24, 2.45) is 5.92 Å². The van der Waals surface area contributed by atoms with Crippen LogP contribution in [0.5, 0.6) is 5.75 Å². The van der Waals surface area contributed by atoms with Crippen molar-refractivity contribution in [2.45, 2.75) is 49.2 Å². The molecule has 1 nitrogen and oxygen atoms in total. The van der Waals surface area contributed by atoms with Gasteiger partial charge < -0.3 is 5.11 Å². The maximum atomic E-state index is 9.96. The average Bonchev–Trinajstić information content (AvgIpc) is 2.51. The summed E-state index contributed by atoms with van der Waals surface area (Å²) in [4.78, 5) is 1.32. The molecule has 0 saturated heterocycles. The van der Waals surface area contributed by atoms with Crippen molar-refractivity contribution >= 4 is 22.5 Å². The molecule has 2 heteroatoms. The van der Waals surface area contributed by atoms with Gasteiger partial charge in [0.15, 0.2) is 0 Å². The quantitative estimate of drug-likeness (QED) is 0.791. The van der Waals surface area contributed by atoms with Crippen LogP contribution in [0.15, 0.2) is 41.3 Å². The van der Waals surface area contributed by atoms with Gasteiger partial charge in [-0.3, -0.25) is 0 Å². The van der Waals surface area contributed by atoms with Crippen LogP contribution in [0.3, 0.4) is 0 Å². The zero-order chi connectivity index (χ0) is 13.9. The number of benzene rings is 2. The Morgan fingerprint density at radius 2 is 1.70 bits per heavy atom. The second-order valence-electron chi connectivity index (χ2n) is 5.80. The highest BCUT2D eigenvalue weighted by atomic mass is 32.2. The first kappa shape index (κ1) is 13.8. The molecule has 1 fully saturated rings. The van der Waals surface area contributed by atoms with Crippen molar-refractivity contribution in [3.8, 4) is 5.75 Å². The number of phenolic OH excluding ortho intramolecular Hbond substituents is 1. The van der Waals surface area contributed by atoms with E-state index in [1.807, 2.05) is 30.0 Å². The minimum absolute atomic E-state index is 0.389. The molecule has 2 aromatic carbocycles. The maximum absolute atomic E-state index is 9.96. The van der Waals surface area contributed by atoms with Crippen molar-refractivity contribution in [3.05, 3.63) is 36.4 Å². The van der Waals surface area contributed by atoms with E-state index in [4.69, 9.17) is 0 Å². The summed E-state index contributed by atoms with van der Waals surface area (Å²) in [7, 11) is 0. The molecule has 0 bridgehead atoms. The second kappa shape index (κ2) is 6.09. The lowest BCUT2D eigenvalue weighted by Gasteiger charge is -2.27. The summed E-state index contributed by atoms with van der Waals surface area (Å²) in [5.74, 6) is 1.34. The Hall–Kier alpha value is -1.15. The Labute approximate surface area is 125 Å². The molecule has 106 valence electrons. The molecule has 20 heavy (non-hydrogen) atoms. The number of aromatic hydroxyl groups is 1. The van der Waals surface area contributed by atoms with Crippen molar-refractivity contribution in [2.75, 3.05) is 0 Å². The molecule has 0 unspecified atom stereocenters. The highest BCUT2D eigenvalue weighted by molar-refractivity contribution is 8.00. The summed E-state index contributed by atoms with van der Waals surface area (Å²) in [6, 6.07) is 12.1. The van der Waals surface area contributed by atoms with E-state index in [9.17, 15) is 5.11 Å². The van der Waals surface area contributed by atoms with E-state index in [1.54, 1.807) is 0 Å². The Bertz CT molecular complexity index is 585. The van der Waals surface area contributed by atoms with Crippen LogP contribution in [0, 0.1) is 5.92 Å². The molecule has 1 aliphatic carbocycles. The van der Waals surface area contributed by atoms with Gasteiger partial charge in [-0.25, -0.2) is 0 Å². The molecule has 1 N–H and O–H groups in total. The van der Waals surface area contributed by atoms with Gasteiger partial charge in [-0.2, -0.15) is 0 Å². The fourth-order valence-corrected chi connectivity index (χ4v) is 4.51. The molecule has 0 radical (unpaired) electrons. The van der Waals surface area contributed by atoms with Crippen LogP contribution in [-0.2, 0) is 0 Å². The van der Waals surface area contributed by atoms with E-state index in [2.05, 4.69) is 25.1 Å². The molecule has 0 heterocycles. The monoisotopic (exact) mass is 286 g/mol. The summed E-state index contributed by atoms with van der Waals surface area (Å²) in [6.45, 7) is 2.31. The molecular weight excluding hydrogens is 264 g/mol. The van der Waals surface area contributed by atoms with E-state index in [-0.39, 0.29) is 0 Å². The van der Waals surface area contributed by atoms with E-state index < -0.39 is 0 Å². The Morgan fingerprint density at radius 1 is 1.00 bits per heavy atom. The molecule has 1 saturated carbocycles. The highest BCUT2D eigenvalue weighted by Gasteiger charge is 2.21. The Kier molecular flexibility index (Phi) is 4.21.